The fraction of sp³-hybridized carbons (Fsp3) is 0.471. The third-order valence-electron chi connectivity index (χ3n) is 4.46. The maximum Gasteiger partial charge on any atom is 0.324 e. The van der Waals surface area contributed by atoms with E-state index >= 15 is 0 Å². The van der Waals surface area contributed by atoms with Crippen LogP contribution in [0.3, 0.4) is 0 Å². The number of benzene rings is 1. The molecule has 3 rings (SSSR count). The molecule has 2 aromatic rings. The van der Waals surface area contributed by atoms with Crippen LogP contribution in [0.25, 0.3) is 0 Å². The molecule has 2 N–H and O–H groups in total. The molecule has 0 saturated carbocycles. The van der Waals surface area contributed by atoms with E-state index in [1.165, 1.54) is 12.1 Å². The lowest BCUT2D eigenvalue weighted by atomic mass is 9.98. The number of nitrogens with one attached hydrogen (secondary N) is 2. The first-order valence-electron chi connectivity index (χ1n) is 8.62. The van der Waals surface area contributed by atoms with Crippen LogP contribution in [0.1, 0.15) is 30.7 Å². The van der Waals surface area contributed by atoms with Gasteiger partial charge in [-0.25, -0.2) is 12.8 Å². The highest BCUT2D eigenvalue weighted by atomic mass is 32.2. The molecule has 146 valence electrons. The lowest BCUT2D eigenvalue weighted by Crippen LogP contribution is -2.43. The van der Waals surface area contributed by atoms with E-state index in [0.29, 0.717) is 11.8 Å². The fourth-order valence-electron chi connectivity index (χ4n) is 2.89. The average Bonchev–Trinajstić information content (AvgIpc) is 3.11. The number of rotatable bonds is 6. The van der Waals surface area contributed by atoms with Crippen molar-refractivity contribution in [2.75, 3.05) is 37.3 Å². The van der Waals surface area contributed by atoms with Crippen molar-refractivity contribution in [3.8, 4) is 0 Å². The smallest absolute Gasteiger partial charge is 0.322 e. The molecule has 0 bridgehead atoms. The highest BCUT2D eigenvalue weighted by Gasteiger charge is 2.22. The Morgan fingerprint density at radius 1 is 1.41 bits per heavy atom. The first-order chi connectivity index (χ1) is 12.8. The zero-order valence-corrected chi connectivity index (χ0v) is 16.0. The minimum absolute atomic E-state index is 0.0496. The van der Waals surface area contributed by atoms with Crippen molar-refractivity contribution in [2.45, 2.75) is 24.2 Å². The van der Waals surface area contributed by atoms with E-state index in [1.807, 2.05) is 11.8 Å². The van der Waals surface area contributed by atoms with E-state index < -0.39 is 15.7 Å². The molecule has 10 heteroatoms. The third kappa shape index (κ3) is 4.51. The minimum atomic E-state index is -3.49. The Morgan fingerprint density at radius 2 is 2.11 bits per heavy atom. The Hall–Kier alpha value is -2.33. The maximum absolute atomic E-state index is 14.3. The van der Waals surface area contributed by atoms with Gasteiger partial charge in [0.25, 0.3) is 0 Å². The zero-order chi connectivity index (χ0) is 19.6. The van der Waals surface area contributed by atoms with Gasteiger partial charge in [-0.2, -0.15) is 4.98 Å². The molecule has 0 amide bonds. The normalized spacial score (nSPS) is 16.3. The lowest BCUT2D eigenvalue weighted by Gasteiger charge is -2.24. The quantitative estimate of drug-likeness (QED) is 0.714. The number of anilines is 1. The summed E-state index contributed by atoms with van der Waals surface area (Å²) in [6.07, 6.45) is 1.22. The van der Waals surface area contributed by atoms with Gasteiger partial charge in [-0.1, -0.05) is 12.1 Å². The van der Waals surface area contributed by atoms with Gasteiger partial charge in [0.05, 0.1) is 4.90 Å². The maximum atomic E-state index is 14.3. The molecule has 0 radical (unpaired) electrons. The predicted molar refractivity (Wildman–Crippen MR) is 98.8 cm³/mol. The highest BCUT2D eigenvalue weighted by Crippen LogP contribution is 2.23. The Morgan fingerprint density at radius 3 is 2.74 bits per heavy atom. The molecular formula is C17H22FN5O3S. The monoisotopic (exact) mass is 395 g/mol. The molecule has 1 aliphatic rings. The molecule has 1 saturated heterocycles. The number of nitrogens with zero attached hydrogens (tertiary/aromatic N) is 3. The topological polar surface area (TPSA) is 112 Å². The molecule has 27 heavy (non-hydrogen) atoms. The van der Waals surface area contributed by atoms with Crippen molar-refractivity contribution in [2.24, 2.45) is 0 Å². The van der Waals surface area contributed by atoms with E-state index in [2.05, 4.69) is 15.5 Å². The second-order valence-electron chi connectivity index (χ2n) is 6.67. The summed E-state index contributed by atoms with van der Waals surface area (Å²) in [7, 11) is -3.49. The fourth-order valence-corrected chi connectivity index (χ4v) is 3.52. The molecule has 1 aliphatic heterocycles. The van der Waals surface area contributed by atoms with Crippen LogP contribution in [-0.2, 0) is 9.84 Å². The summed E-state index contributed by atoms with van der Waals surface area (Å²) in [5.74, 6) is -0.516. The lowest BCUT2D eigenvalue weighted by molar-refractivity contribution is 0.395. The number of hydrogen-bond donors (Lipinski definition) is 2. The Labute approximate surface area is 157 Å². The summed E-state index contributed by atoms with van der Waals surface area (Å²) < 4.78 is 42.6. The summed E-state index contributed by atoms with van der Waals surface area (Å²) in [5.41, 5.74) is 0.119. The standard InChI is InChI=1S/C17H22FN5O3S/c1-11(16-21-17(26-22-16)23-7-5-20-6-8-23)9-15(19)13-4-3-12(10-14(13)18)27(2,24)25/h3-4,10-11,19-20H,5-9H2,1-2H3/t11-/m0/s1. The number of aromatic nitrogens is 2. The van der Waals surface area contributed by atoms with Gasteiger partial charge in [0.15, 0.2) is 15.7 Å². The van der Waals surface area contributed by atoms with E-state index in [1.54, 1.807) is 0 Å². The Balaban J connectivity index is 1.70. The van der Waals surface area contributed by atoms with Crippen molar-refractivity contribution in [1.29, 1.82) is 5.41 Å². The average molecular weight is 395 g/mol. The molecule has 1 atom stereocenters. The second-order valence-corrected chi connectivity index (χ2v) is 8.69. The largest absolute Gasteiger partial charge is 0.324 e. The second kappa shape index (κ2) is 7.73. The first kappa shape index (κ1) is 19.4. The van der Waals surface area contributed by atoms with Crippen LogP contribution in [0, 0.1) is 11.2 Å². The van der Waals surface area contributed by atoms with Gasteiger partial charge in [-0.15, -0.1) is 0 Å². The van der Waals surface area contributed by atoms with E-state index in [0.717, 1.165) is 38.5 Å². The molecule has 1 fully saturated rings. The van der Waals surface area contributed by atoms with E-state index in [9.17, 15) is 12.8 Å². The molecule has 0 aliphatic carbocycles. The van der Waals surface area contributed by atoms with Gasteiger partial charge in [-0.3, -0.25) is 0 Å². The summed E-state index contributed by atoms with van der Waals surface area (Å²) in [6.45, 7) is 5.10. The summed E-state index contributed by atoms with van der Waals surface area (Å²) >= 11 is 0. The molecule has 0 unspecified atom stereocenters. The number of hydrogen-bond acceptors (Lipinski definition) is 8. The van der Waals surface area contributed by atoms with Crippen LogP contribution in [0.5, 0.6) is 0 Å². The van der Waals surface area contributed by atoms with Crippen LogP contribution in [0.15, 0.2) is 27.6 Å². The van der Waals surface area contributed by atoms with Crippen LogP contribution < -0.4 is 10.2 Å². The molecule has 1 aromatic heterocycles. The first-order valence-corrected chi connectivity index (χ1v) is 10.5. The van der Waals surface area contributed by atoms with Gasteiger partial charge >= 0.3 is 6.01 Å². The summed E-state index contributed by atoms with van der Waals surface area (Å²) in [6, 6.07) is 4.03. The van der Waals surface area contributed by atoms with E-state index in [-0.39, 0.29) is 28.5 Å². The molecule has 8 nitrogen and oxygen atoms in total. The van der Waals surface area contributed by atoms with Crippen molar-refractivity contribution < 1.29 is 17.3 Å². The van der Waals surface area contributed by atoms with Gasteiger partial charge in [0.2, 0.25) is 0 Å². The van der Waals surface area contributed by atoms with Gasteiger partial charge in [-0.05, 0) is 24.6 Å². The summed E-state index contributed by atoms with van der Waals surface area (Å²) in [4.78, 5) is 6.29. The predicted octanol–water partition coefficient (Wildman–Crippen LogP) is 1.58. The third-order valence-corrected chi connectivity index (χ3v) is 5.57. The van der Waals surface area contributed by atoms with Gasteiger partial charge in [0.1, 0.15) is 5.82 Å². The molecular weight excluding hydrogens is 373 g/mol. The van der Waals surface area contributed by atoms with Crippen LogP contribution >= 0.6 is 0 Å². The number of sulfone groups is 1. The van der Waals surface area contributed by atoms with Crippen molar-refractivity contribution >= 4 is 21.6 Å². The Bertz CT molecular complexity index is 938. The van der Waals surface area contributed by atoms with Gasteiger partial charge in [0, 0.05) is 49.6 Å². The van der Waals surface area contributed by atoms with E-state index in [4.69, 9.17) is 9.93 Å². The Kier molecular flexibility index (Phi) is 5.56. The van der Waals surface area contributed by atoms with Gasteiger partial charge < -0.3 is 20.1 Å². The number of piperazine rings is 1. The highest BCUT2D eigenvalue weighted by molar-refractivity contribution is 7.90. The SMILES string of the molecule is C[C@@H](CC(=N)c1ccc(S(C)(=O)=O)cc1F)c1noc(N2CCNCC2)n1. The molecule has 1 aromatic carbocycles. The molecule has 0 spiro atoms. The summed E-state index contributed by atoms with van der Waals surface area (Å²) in [5, 5.41) is 15.4. The van der Waals surface area contributed by atoms with Crippen molar-refractivity contribution in [3.05, 3.63) is 35.4 Å². The van der Waals surface area contributed by atoms with Crippen LogP contribution in [0.4, 0.5) is 10.4 Å². The van der Waals surface area contributed by atoms with Crippen molar-refractivity contribution in [3.63, 3.8) is 0 Å². The zero-order valence-electron chi connectivity index (χ0n) is 15.2. The van der Waals surface area contributed by atoms with Crippen LogP contribution in [0.2, 0.25) is 0 Å². The minimum Gasteiger partial charge on any atom is -0.322 e. The molecule has 2 heterocycles. The van der Waals surface area contributed by atoms with Crippen LogP contribution in [-0.4, -0.2) is 56.7 Å². The number of halogens is 1. The van der Waals surface area contributed by atoms with Crippen molar-refractivity contribution in [1.82, 2.24) is 15.5 Å².